The van der Waals surface area contributed by atoms with Crippen LogP contribution < -0.4 is 0 Å². The van der Waals surface area contributed by atoms with Crippen LogP contribution in [0.3, 0.4) is 0 Å². The number of rotatable bonds is 0. The third-order valence-corrected chi connectivity index (χ3v) is 0.877. The van der Waals surface area contributed by atoms with E-state index in [1.54, 1.807) is 0 Å². The van der Waals surface area contributed by atoms with Gasteiger partial charge in [0.25, 0.3) is 0 Å². The van der Waals surface area contributed by atoms with Crippen molar-refractivity contribution < 1.29 is 56.6 Å². The van der Waals surface area contributed by atoms with Crippen LogP contribution in [0.5, 0.6) is 0 Å². The summed E-state index contributed by atoms with van der Waals surface area (Å²) in [6, 6.07) is 0. The maximum absolute atomic E-state index is 10.7. The zero-order valence-electron chi connectivity index (χ0n) is 6.97. The monoisotopic (exact) mass is 352 g/mol. The van der Waals surface area contributed by atoms with Gasteiger partial charge in [0.05, 0.1) is 0 Å². The van der Waals surface area contributed by atoms with E-state index >= 15 is 0 Å². The normalized spacial score (nSPS) is 7.47. The second-order valence-electron chi connectivity index (χ2n) is 0.921. The quantitative estimate of drug-likeness (QED) is 0.388. The van der Waals surface area contributed by atoms with Crippen LogP contribution in [0.2, 0.25) is 0 Å². The molecule has 0 amide bonds. The van der Waals surface area contributed by atoms with Gasteiger partial charge in [0, 0.05) is 0 Å². The largest absolute Gasteiger partial charge is 3.00 e. The molecule has 0 saturated carbocycles. The van der Waals surface area contributed by atoms with Gasteiger partial charge in [0.15, 0.2) is 0 Å². The van der Waals surface area contributed by atoms with Crippen LogP contribution in [0.1, 0.15) is 0 Å². The molecule has 0 rings (SSSR count). The Bertz CT molecular complexity index is 183. The van der Waals surface area contributed by atoms with Gasteiger partial charge in [-0.1, -0.05) is 0 Å². The van der Waals surface area contributed by atoms with Crippen LogP contribution in [0, 0.1) is 0 Å². The van der Waals surface area contributed by atoms with E-state index in [0.717, 1.165) is 0 Å². The van der Waals surface area contributed by atoms with Gasteiger partial charge in [-0.05, 0) is 0 Å². The Morgan fingerprint density at radius 3 is 0.933 bits per heavy atom. The van der Waals surface area contributed by atoms with Crippen LogP contribution >= 0.6 is 0 Å². The Kier molecular flexibility index (Phi) is 65.6. The minimum Gasteiger partial charge on any atom is -0.693 e. The van der Waals surface area contributed by atoms with Gasteiger partial charge >= 0.3 is 35.1 Å². The number of halogens is 3. The van der Waals surface area contributed by atoms with E-state index in [1.807, 2.05) is 0 Å². The molecule has 0 aromatic carbocycles. The fourth-order valence-corrected chi connectivity index (χ4v) is 0. The average Bonchev–Trinajstić information content (AvgIpc) is 1.25. The van der Waals surface area contributed by atoms with E-state index in [-0.39, 0.29) is 55.0 Å². The zero-order chi connectivity index (χ0) is 7.00. The summed E-state index contributed by atoms with van der Waals surface area (Å²) in [5, 5.41) is 0. The molecule has 0 aromatic rings. The molecule has 0 aliphatic rings. The van der Waals surface area contributed by atoms with E-state index in [1.165, 1.54) is 0 Å². The Labute approximate surface area is 97.3 Å². The fourth-order valence-electron chi connectivity index (χ4n) is 0. The van der Waals surface area contributed by atoms with Crippen molar-refractivity contribution in [3.05, 3.63) is 24.6 Å². The van der Waals surface area contributed by atoms with Gasteiger partial charge in [-0.2, -0.15) is 21.6 Å². The summed E-state index contributed by atoms with van der Waals surface area (Å²) in [7, 11) is -5.84. The van der Waals surface area contributed by atoms with Crippen molar-refractivity contribution in [1.82, 2.24) is 0 Å². The Morgan fingerprint density at radius 2 is 0.933 bits per heavy atom. The molecular formula is CH13F3N4O5RuS-. The predicted octanol–water partition coefficient (Wildman–Crippen LogP) is 1.61. The second-order valence-corrected chi connectivity index (χ2v) is 2.33. The molecule has 0 atom stereocenters. The molecule has 0 fully saturated rings. The zero-order valence-corrected chi connectivity index (χ0v) is 9.52. The summed E-state index contributed by atoms with van der Waals surface area (Å²) in [5.41, 5.74) is -5.53. The van der Waals surface area contributed by atoms with Gasteiger partial charge in [-0.25, -0.2) is 0 Å². The van der Waals surface area contributed by atoms with Crippen molar-refractivity contribution in [3.8, 4) is 0 Å². The molecule has 0 unspecified atom stereocenters. The van der Waals surface area contributed by atoms with Gasteiger partial charge in [-0.15, -0.1) is 0 Å². The average molecular weight is 351 g/mol. The molecule has 0 aromatic heterocycles. The van der Waals surface area contributed by atoms with Crippen molar-refractivity contribution in [2.45, 2.75) is 5.51 Å². The molecule has 0 aliphatic carbocycles. The first-order valence-electron chi connectivity index (χ1n) is 1.29. The van der Waals surface area contributed by atoms with Crippen molar-refractivity contribution >= 4 is 10.1 Å². The van der Waals surface area contributed by atoms with Gasteiger partial charge in [0.2, 0.25) is 0 Å². The molecule has 1 radical (unpaired) electrons. The van der Waals surface area contributed by atoms with Crippen LogP contribution in [0.4, 0.5) is 13.2 Å². The maximum atomic E-state index is 10.7. The molecule has 0 bridgehead atoms. The first-order valence-corrected chi connectivity index (χ1v) is 2.73. The molecular weight excluding hydrogens is 338 g/mol. The summed E-state index contributed by atoms with van der Waals surface area (Å²) in [5.74, 6) is 0. The SMILES string of the molecule is O.O.O=S(=O)(O)C(F)(F)F.[NH2-].[NH2-].[NH2-].[NH2-].[Ru+3]. The molecule has 103 valence electrons. The van der Waals surface area contributed by atoms with Crippen molar-refractivity contribution in [3.63, 3.8) is 0 Å². The number of alkyl halides is 3. The smallest absolute Gasteiger partial charge is 0.693 e. The maximum Gasteiger partial charge on any atom is 3.00 e. The third kappa shape index (κ3) is 24.9. The van der Waals surface area contributed by atoms with Crippen LogP contribution in [0.25, 0.3) is 24.6 Å². The summed E-state index contributed by atoms with van der Waals surface area (Å²) >= 11 is 0. The molecule has 0 saturated heterocycles. The minimum absolute atomic E-state index is 0. The first-order chi connectivity index (χ1) is 3.25. The van der Waals surface area contributed by atoms with Crippen molar-refractivity contribution in [2.75, 3.05) is 0 Å². The molecule has 0 heterocycles. The van der Waals surface area contributed by atoms with E-state index in [0.29, 0.717) is 0 Å². The third-order valence-electron chi connectivity index (χ3n) is 0.292. The topological polar surface area (TPSA) is 251 Å². The predicted molar refractivity (Wildman–Crippen MR) is 46.0 cm³/mol. The Morgan fingerprint density at radius 1 is 0.867 bits per heavy atom. The van der Waals surface area contributed by atoms with Crippen molar-refractivity contribution in [1.29, 1.82) is 0 Å². The van der Waals surface area contributed by atoms with Crippen LogP contribution in [0.15, 0.2) is 0 Å². The van der Waals surface area contributed by atoms with E-state index in [9.17, 15) is 13.2 Å². The van der Waals surface area contributed by atoms with E-state index < -0.39 is 15.6 Å². The molecule has 15 heavy (non-hydrogen) atoms. The van der Waals surface area contributed by atoms with Crippen LogP contribution in [-0.4, -0.2) is 29.4 Å². The van der Waals surface area contributed by atoms with Gasteiger partial charge < -0.3 is 35.6 Å². The molecule has 9 nitrogen and oxygen atoms in total. The molecule has 0 spiro atoms. The van der Waals surface area contributed by atoms with Gasteiger partial charge in [0.1, 0.15) is 0 Å². The van der Waals surface area contributed by atoms with E-state index in [2.05, 4.69) is 0 Å². The molecule has 13 N–H and O–H groups in total. The Hall–Kier alpha value is 0.0834. The molecule has 0 aliphatic heterocycles. The van der Waals surface area contributed by atoms with Crippen molar-refractivity contribution in [2.24, 2.45) is 0 Å². The number of hydrogen-bond donors (Lipinski definition) is 1. The Balaban J connectivity index is -0.0000000117. The number of nitrogens with two attached hydrogens (primary N) is 4. The van der Waals surface area contributed by atoms with Crippen LogP contribution in [-0.2, 0) is 29.6 Å². The second kappa shape index (κ2) is 16.5. The fraction of sp³-hybridized carbons (Fsp3) is 1.00. The minimum atomic E-state index is -5.84. The first kappa shape index (κ1) is 59.6. The van der Waals surface area contributed by atoms with Gasteiger partial charge in [-0.3, -0.25) is 4.55 Å². The summed E-state index contributed by atoms with van der Waals surface area (Å²) in [6.45, 7) is 0. The molecule has 14 heteroatoms. The summed E-state index contributed by atoms with van der Waals surface area (Å²) in [6.07, 6.45) is 0. The van der Waals surface area contributed by atoms with E-state index in [4.69, 9.17) is 13.0 Å². The standard InChI is InChI=1S/CHF3O3S.4H2N.2H2O.Ru/c2-1(3,4)8(5,6)7;;;;;;;/h(H,5,6,7);6*1H2;/q;4*-1;;;+3. The summed E-state index contributed by atoms with van der Waals surface area (Å²) in [4.78, 5) is 0. The summed E-state index contributed by atoms with van der Waals surface area (Å²) < 4.78 is 57.5. The number of hydrogen-bond acceptors (Lipinski definition) is 2.